The molecule has 11 heteroatoms. The zero-order chi connectivity index (χ0) is 32.9. The molecule has 3 aliphatic rings. The molecule has 2 fully saturated rings. The van der Waals surface area contributed by atoms with Crippen molar-refractivity contribution in [2.24, 2.45) is 0 Å². The first kappa shape index (κ1) is 32.5. The van der Waals surface area contributed by atoms with E-state index in [0.29, 0.717) is 38.8 Å². The number of hydrogen-bond donors (Lipinski definition) is 0. The summed E-state index contributed by atoms with van der Waals surface area (Å²) in [5, 5.41) is 12.1. The van der Waals surface area contributed by atoms with Crippen molar-refractivity contribution in [2.75, 3.05) is 77.0 Å². The Balaban J connectivity index is 1.31. The van der Waals surface area contributed by atoms with E-state index < -0.39 is 0 Å². The molecule has 0 bridgehead atoms. The van der Waals surface area contributed by atoms with Crippen LogP contribution in [0.3, 0.4) is 0 Å². The molecule has 3 atom stereocenters. The number of rotatable bonds is 8. The summed E-state index contributed by atoms with van der Waals surface area (Å²) in [6.07, 6.45) is 2.03. The van der Waals surface area contributed by atoms with Crippen molar-refractivity contribution in [1.29, 1.82) is 5.26 Å². The summed E-state index contributed by atoms with van der Waals surface area (Å²) in [4.78, 5) is 31.6. The highest BCUT2D eigenvalue weighted by atomic mass is 16.5. The van der Waals surface area contributed by atoms with Gasteiger partial charge in [0.05, 0.1) is 36.9 Å². The highest BCUT2D eigenvalue weighted by molar-refractivity contribution is 5.97. The van der Waals surface area contributed by atoms with Gasteiger partial charge in [0.2, 0.25) is 0 Å². The lowest BCUT2D eigenvalue weighted by Crippen LogP contribution is -2.55. The first-order valence-electron chi connectivity index (χ1n) is 16.3. The number of nitrogens with zero attached hydrogens (tertiary/aromatic N) is 7. The normalized spacial score (nSPS) is 21.3. The van der Waals surface area contributed by atoms with E-state index in [1.165, 1.54) is 22.0 Å². The minimum Gasteiger partial charge on any atom is -0.462 e. The molecule has 0 N–H and O–H groups in total. The van der Waals surface area contributed by atoms with Gasteiger partial charge in [-0.25, -0.2) is 0 Å². The van der Waals surface area contributed by atoms with E-state index in [1.54, 1.807) is 19.1 Å². The number of carbonyl (C=O) groups excluding carboxylic acids is 1. The van der Waals surface area contributed by atoms with Crippen LogP contribution in [-0.2, 0) is 27.2 Å². The third-order valence-electron chi connectivity index (χ3n) is 9.62. The molecule has 0 radical (unpaired) electrons. The SMILES string of the molecule is COCC#CC(=O)N1CCN(c2nc(OCC3CC(OC)CN3C)nc3c2CCN(c2cccc4cccc(C)c24)C3)C[C@@H]1CC#N. The largest absolute Gasteiger partial charge is 0.462 e. The van der Waals surface area contributed by atoms with Crippen molar-refractivity contribution >= 4 is 28.2 Å². The van der Waals surface area contributed by atoms with Gasteiger partial charge in [-0.05, 0) is 49.7 Å². The number of likely N-dealkylation sites (N-methyl/N-ethyl adjacent to an activating group) is 1. The molecule has 1 amide bonds. The maximum absolute atomic E-state index is 13.0. The van der Waals surface area contributed by atoms with Crippen LogP contribution in [0.25, 0.3) is 10.8 Å². The first-order valence-corrected chi connectivity index (χ1v) is 16.3. The lowest BCUT2D eigenvalue weighted by atomic mass is 9.99. The minimum absolute atomic E-state index is 0.182. The summed E-state index contributed by atoms with van der Waals surface area (Å²) >= 11 is 0. The number of benzene rings is 2. The highest BCUT2D eigenvalue weighted by Crippen LogP contribution is 2.36. The number of likely N-dealkylation sites (tertiary alicyclic amines) is 1. The molecule has 246 valence electrons. The molecule has 6 rings (SSSR count). The van der Waals surface area contributed by atoms with E-state index in [1.807, 2.05) is 0 Å². The van der Waals surface area contributed by atoms with E-state index in [4.69, 9.17) is 24.2 Å². The Bertz CT molecular complexity index is 1710. The van der Waals surface area contributed by atoms with Gasteiger partial charge < -0.3 is 28.9 Å². The summed E-state index contributed by atoms with van der Waals surface area (Å²) in [5.74, 6) is 5.96. The smallest absolute Gasteiger partial charge is 0.318 e. The third kappa shape index (κ3) is 6.98. The molecular weight excluding hydrogens is 594 g/mol. The van der Waals surface area contributed by atoms with Crippen molar-refractivity contribution in [3.05, 3.63) is 53.2 Å². The third-order valence-corrected chi connectivity index (χ3v) is 9.62. The standard InChI is InChI=1S/C36H43N7O4/c1-25-8-5-9-26-10-6-11-32(34(25)26)41-16-14-30-31(23-41)38-36(47-24-28-20-29(46-4)22-40(28)2)39-35(30)42-17-18-43(27(21-42)13-15-37)33(44)12-7-19-45-3/h5-6,8-11,27-29H,13-14,16-24H2,1-4H3/t27-,28?,29?/m0/s1. The predicted molar refractivity (Wildman–Crippen MR) is 180 cm³/mol. The number of piperazine rings is 1. The van der Waals surface area contributed by atoms with E-state index in [2.05, 4.69) is 83.0 Å². The molecule has 47 heavy (non-hydrogen) atoms. The van der Waals surface area contributed by atoms with E-state index in [9.17, 15) is 10.1 Å². The van der Waals surface area contributed by atoms with Crippen molar-refractivity contribution < 1.29 is 19.0 Å². The maximum atomic E-state index is 13.0. The zero-order valence-corrected chi connectivity index (χ0v) is 27.7. The van der Waals surface area contributed by atoms with Crippen LogP contribution in [0.5, 0.6) is 6.01 Å². The Labute approximate surface area is 277 Å². The van der Waals surface area contributed by atoms with Gasteiger partial charge >= 0.3 is 6.01 Å². The number of methoxy groups -OCH3 is 2. The van der Waals surface area contributed by atoms with Crippen molar-refractivity contribution in [2.45, 2.75) is 50.9 Å². The van der Waals surface area contributed by atoms with Gasteiger partial charge in [-0.15, -0.1) is 0 Å². The molecule has 0 spiro atoms. The second-order valence-corrected chi connectivity index (χ2v) is 12.6. The molecular formula is C36H43N7O4. The number of fused-ring (bicyclic) bond motifs is 2. The second kappa shape index (κ2) is 14.6. The average Bonchev–Trinajstić information content (AvgIpc) is 3.46. The van der Waals surface area contributed by atoms with Crippen LogP contribution in [-0.4, -0.2) is 111 Å². The minimum atomic E-state index is -0.315. The molecule has 0 saturated carbocycles. The Kier molecular flexibility index (Phi) is 10.1. The average molecular weight is 638 g/mol. The monoisotopic (exact) mass is 637 g/mol. The van der Waals surface area contributed by atoms with Gasteiger partial charge in [0, 0.05) is 69.6 Å². The molecule has 4 heterocycles. The van der Waals surface area contributed by atoms with Crippen LogP contribution >= 0.6 is 0 Å². The Morgan fingerprint density at radius 2 is 1.87 bits per heavy atom. The van der Waals surface area contributed by atoms with Crippen molar-refractivity contribution in [3.63, 3.8) is 0 Å². The van der Waals surface area contributed by atoms with E-state index in [0.717, 1.165) is 43.0 Å². The van der Waals surface area contributed by atoms with Gasteiger partial charge in [0.1, 0.15) is 19.0 Å². The first-order chi connectivity index (χ1) is 22.9. The fourth-order valence-corrected chi connectivity index (χ4v) is 7.11. The molecule has 0 aliphatic carbocycles. The molecule has 2 saturated heterocycles. The molecule has 11 nitrogen and oxygen atoms in total. The van der Waals surface area contributed by atoms with Gasteiger partial charge in [-0.1, -0.05) is 36.3 Å². The van der Waals surface area contributed by atoms with Gasteiger partial charge in [-0.2, -0.15) is 15.2 Å². The number of aromatic nitrogens is 2. The maximum Gasteiger partial charge on any atom is 0.318 e. The summed E-state index contributed by atoms with van der Waals surface area (Å²) in [7, 11) is 5.39. The second-order valence-electron chi connectivity index (χ2n) is 12.6. The number of amides is 1. The fourth-order valence-electron chi connectivity index (χ4n) is 7.11. The molecule has 2 aromatic carbocycles. The number of nitriles is 1. The number of anilines is 2. The van der Waals surface area contributed by atoms with Crippen molar-refractivity contribution in [1.82, 2.24) is 19.8 Å². The Morgan fingerprint density at radius 3 is 2.64 bits per heavy atom. The van der Waals surface area contributed by atoms with Crippen LogP contribution < -0.4 is 14.5 Å². The van der Waals surface area contributed by atoms with Crippen LogP contribution in [0.4, 0.5) is 11.5 Å². The van der Waals surface area contributed by atoms with Gasteiger partial charge in [0.25, 0.3) is 5.91 Å². The number of carbonyl (C=O) groups is 1. The quantitative estimate of drug-likeness (QED) is 0.342. The lowest BCUT2D eigenvalue weighted by molar-refractivity contribution is -0.127. The summed E-state index contributed by atoms with van der Waals surface area (Å²) in [5.41, 5.74) is 4.48. The van der Waals surface area contributed by atoms with Crippen LogP contribution in [0.2, 0.25) is 0 Å². The number of ether oxygens (including phenoxy) is 3. The Hall–Kier alpha value is -4.42. The molecule has 2 unspecified atom stereocenters. The van der Waals surface area contributed by atoms with Crippen LogP contribution in [0, 0.1) is 30.1 Å². The highest BCUT2D eigenvalue weighted by Gasteiger charge is 2.34. The summed E-state index contributed by atoms with van der Waals surface area (Å²) in [6, 6.07) is 15.4. The molecule has 3 aliphatic heterocycles. The molecule has 1 aromatic heterocycles. The van der Waals surface area contributed by atoms with Crippen molar-refractivity contribution in [3.8, 4) is 23.9 Å². The zero-order valence-electron chi connectivity index (χ0n) is 27.7. The van der Waals surface area contributed by atoms with Gasteiger partial charge in [-0.3, -0.25) is 9.69 Å². The summed E-state index contributed by atoms with van der Waals surface area (Å²) < 4.78 is 16.9. The van der Waals surface area contributed by atoms with Crippen LogP contribution in [0.1, 0.15) is 29.7 Å². The fraction of sp³-hybridized carbons (Fsp3) is 0.500. The van der Waals surface area contributed by atoms with E-state index in [-0.39, 0.29) is 37.1 Å². The molecule has 3 aromatic rings. The summed E-state index contributed by atoms with van der Waals surface area (Å²) in [6.45, 7) is 6.58. The van der Waals surface area contributed by atoms with Gasteiger partial charge in [0.15, 0.2) is 0 Å². The topological polar surface area (TPSA) is 107 Å². The number of aryl methyl sites for hydroxylation is 1. The predicted octanol–water partition coefficient (Wildman–Crippen LogP) is 3.18. The Morgan fingerprint density at radius 1 is 1.04 bits per heavy atom. The van der Waals surface area contributed by atoms with E-state index >= 15 is 0 Å². The lowest BCUT2D eigenvalue weighted by Gasteiger charge is -2.41. The number of hydrogen-bond acceptors (Lipinski definition) is 10. The van der Waals surface area contributed by atoms with Crippen LogP contribution in [0.15, 0.2) is 36.4 Å².